The van der Waals surface area contributed by atoms with E-state index in [2.05, 4.69) is 0 Å². The van der Waals surface area contributed by atoms with Crippen LogP contribution < -0.4 is 0 Å². The van der Waals surface area contributed by atoms with E-state index >= 15 is 0 Å². The number of carboxylic acids is 2. The van der Waals surface area contributed by atoms with E-state index < -0.39 is 28.5 Å². The molecule has 0 unspecified atom stereocenters. The van der Waals surface area contributed by atoms with Gasteiger partial charge in [-0.1, -0.05) is 19.3 Å². The molecule has 168 valence electrons. The number of rotatable bonds is 13. The predicted molar refractivity (Wildman–Crippen MR) is 112 cm³/mol. The van der Waals surface area contributed by atoms with E-state index in [4.69, 9.17) is 5.11 Å². The van der Waals surface area contributed by atoms with Crippen LogP contribution in [0.25, 0.3) is 0 Å². The maximum Gasteiger partial charge on any atom is 0.309 e. The SMILES string of the molecule is CC(C)(CCCCCc1cc(CCCCC2(C(=O)O)CC2)c(O)c(O)c1O)C(=O)O. The summed E-state index contributed by atoms with van der Waals surface area (Å²) in [5.41, 5.74) is -0.208. The lowest BCUT2D eigenvalue weighted by Crippen LogP contribution is -2.23. The number of phenols is 3. The van der Waals surface area contributed by atoms with Gasteiger partial charge in [0.2, 0.25) is 5.75 Å². The maximum absolute atomic E-state index is 11.2. The summed E-state index contributed by atoms with van der Waals surface area (Å²) < 4.78 is 0. The molecule has 1 aliphatic rings. The largest absolute Gasteiger partial charge is 0.504 e. The van der Waals surface area contributed by atoms with E-state index in [1.165, 1.54) is 0 Å². The number of phenolic OH excluding ortho intramolecular Hbond substituents is 3. The fraction of sp³-hybridized carbons (Fsp3) is 0.652. The van der Waals surface area contributed by atoms with E-state index in [9.17, 15) is 30.0 Å². The molecule has 0 atom stereocenters. The van der Waals surface area contributed by atoms with Crippen molar-refractivity contribution in [2.75, 3.05) is 0 Å². The molecule has 0 spiro atoms. The van der Waals surface area contributed by atoms with Crippen molar-refractivity contribution in [3.05, 3.63) is 17.2 Å². The summed E-state index contributed by atoms with van der Waals surface area (Å²) in [6.07, 6.45) is 7.34. The van der Waals surface area contributed by atoms with Gasteiger partial charge in [-0.3, -0.25) is 9.59 Å². The van der Waals surface area contributed by atoms with Crippen LogP contribution in [0.5, 0.6) is 17.2 Å². The van der Waals surface area contributed by atoms with Crippen LogP contribution in [0, 0.1) is 10.8 Å². The van der Waals surface area contributed by atoms with Crippen molar-refractivity contribution in [2.24, 2.45) is 10.8 Å². The van der Waals surface area contributed by atoms with Crippen molar-refractivity contribution in [3.8, 4) is 17.2 Å². The Balaban J connectivity index is 1.86. The lowest BCUT2D eigenvalue weighted by Gasteiger charge is -2.18. The molecule has 1 fully saturated rings. The molecule has 0 saturated heterocycles. The third-order valence-electron chi connectivity index (χ3n) is 6.39. The van der Waals surface area contributed by atoms with Crippen molar-refractivity contribution < 1.29 is 35.1 Å². The number of hydrogen-bond donors (Lipinski definition) is 5. The quantitative estimate of drug-likeness (QED) is 0.232. The van der Waals surface area contributed by atoms with Gasteiger partial charge in [-0.15, -0.1) is 0 Å². The first-order valence-corrected chi connectivity index (χ1v) is 10.7. The molecule has 0 heterocycles. The third kappa shape index (κ3) is 5.80. The molecule has 0 radical (unpaired) electrons. The van der Waals surface area contributed by atoms with E-state index in [1.807, 2.05) is 0 Å². The van der Waals surface area contributed by atoms with Gasteiger partial charge in [-0.2, -0.15) is 0 Å². The summed E-state index contributed by atoms with van der Waals surface area (Å²) in [4.78, 5) is 22.4. The number of unbranched alkanes of at least 4 members (excludes halogenated alkanes) is 3. The molecule has 0 aliphatic heterocycles. The van der Waals surface area contributed by atoms with Gasteiger partial charge < -0.3 is 25.5 Å². The fourth-order valence-corrected chi connectivity index (χ4v) is 3.81. The fourth-order valence-electron chi connectivity index (χ4n) is 3.81. The Labute approximate surface area is 177 Å². The Morgan fingerprint density at radius 3 is 1.87 bits per heavy atom. The highest BCUT2D eigenvalue weighted by Crippen LogP contribution is 2.50. The zero-order valence-electron chi connectivity index (χ0n) is 17.9. The topological polar surface area (TPSA) is 135 Å². The van der Waals surface area contributed by atoms with Crippen molar-refractivity contribution in [1.82, 2.24) is 0 Å². The van der Waals surface area contributed by atoms with Gasteiger partial charge in [-0.25, -0.2) is 0 Å². The van der Waals surface area contributed by atoms with Crippen molar-refractivity contribution in [3.63, 3.8) is 0 Å². The van der Waals surface area contributed by atoms with Gasteiger partial charge in [0.25, 0.3) is 0 Å². The zero-order valence-corrected chi connectivity index (χ0v) is 17.9. The van der Waals surface area contributed by atoms with Crippen LogP contribution >= 0.6 is 0 Å². The van der Waals surface area contributed by atoms with Gasteiger partial charge >= 0.3 is 11.9 Å². The number of benzene rings is 1. The summed E-state index contributed by atoms with van der Waals surface area (Å²) in [7, 11) is 0. The van der Waals surface area contributed by atoms with Crippen LogP contribution in [0.3, 0.4) is 0 Å². The Kier molecular flexibility index (Phi) is 7.61. The number of carboxylic acid groups (broad SMARTS) is 2. The zero-order chi connectivity index (χ0) is 22.5. The highest BCUT2D eigenvalue weighted by molar-refractivity contribution is 5.77. The summed E-state index contributed by atoms with van der Waals surface area (Å²) in [6, 6.07) is 1.70. The lowest BCUT2D eigenvalue weighted by atomic mass is 9.87. The molecule has 0 bridgehead atoms. The second kappa shape index (κ2) is 9.58. The lowest BCUT2D eigenvalue weighted by molar-refractivity contribution is -0.147. The van der Waals surface area contributed by atoms with Crippen LogP contribution in [-0.2, 0) is 22.4 Å². The molecule has 1 aromatic carbocycles. The Bertz CT molecular complexity index is 778. The van der Waals surface area contributed by atoms with Crippen LogP contribution in [-0.4, -0.2) is 37.5 Å². The number of carbonyl (C=O) groups is 2. The number of aryl methyl sites for hydroxylation is 2. The number of aliphatic carboxylic acids is 2. The minimum absolute atomic E-state index is 0.315. The summed E-state index contributed by atoms with van der Waals surface area (Å²) in [5.74, 6) is -2.70. The summed E-state index contributed by atoms with van der Waals surface area (Å²) in [6.45, 7) is 3.40. The molecule has 2 rings (SSSR count). The molecular formula is C23H34O7. The highest BCUT2D eigenvalue weighted by atomic mass is 16.4. The first kappa shape index (κ1) is 23.8. The molecule has 0 aromatic heterocycles. The summed E-state index contributed by atoms with van der Waals surface area (Å²) >= 11 is 0. The van der Waals surface area contributed by atoms with E-state index in [-0.39, 0.29) is 11.5 Å². The van der Waals surface area contributed by atoms with E-state index in [0.29, 0.717) is 43.2 Å². The molecule has 30 heavy (non-hydrogen) atoms. The average molecular weight is 423 g/mol. The Morgan fingerprint density at radius 1 is 0.867 bits per heavy atom. The van der Waals surface area contributed by atoms with Gasteiger partial charge in [-0.05, 0) is 82.4 Å². The molecular weight excluding hydrogens is 388 g/mol. The highest BCUT2D eigenvalue weighted by Gasteiger charge is 2.49. The Hall–Kier alpha value is -2.44. The normalized spacial score (nSPS) is 15.1. The average Bonchev–Trinajstić information content (AvgIpc) is 3.47. The minimum Gasteiger partial charge on any atom is -0.504 e. The molecule has 1 aromatic rings. The van der Waals surface area contributed by atoms with E-state index in [1.54, 1.807) is 19.9 Å². The second-order valence-corrected chi connectivity index (χ2v) is 9.28. The third-order valence-corrected chi connectivity index (χ3v) is 6.39. The first-order valence-electron chi connectivity index (χ1n) is 10.7. The minimum atomic E-state index is -0.816. The predicted octanol–water partition coefficient (Wildman–Crippen LogP) is 4.59. The van der Waals surface area contributed by atoms with Gasteiger partial charge in [0.1, 0.15) is 0 Å². The van der Waals surface area contributed by atoms with Crippen LogP contribution in [0.15, 0.2) is 6.07 Å². The molecule has 0 amide bonds. The van der Waals surface area contributed by atoms with Crippen molar-refractivity contribution in [1.29, 1.82) is 0 Å². The van der Waals surface area contributed by atoms with E-state index in [0.717, 1.165) is 38.5 Å². The van der Waals surface area contributed by atoms with Gasteiger partial charge in [0.05, 0.1) is 10.8 Å². The number of hydrogen-bond acceptors (Lipinski definition) is 5. The molecule has 1 saturated carbocycles. The molecule has 7 heteroatoms. The molecule has 5 N–H and O–H groups in total. The second-order valence-electron chi connectivity index (χ2n) is 9.28. The maximum atomic E-state index is 11.2. The van der Waals surface area contributed by atoms with Crippen LogP contribution in [0.2, 0.25) is 0 Å². The Morgan fingerprint density at radius 2 is 1.40 bits per heavy atom. The van der Waals surface area contributed by atoms with Crippen LogP contribution in [0.1, 0.15) is 82.8 Å². The molecule has 7 nitrogen and oxygen atoms in total. The number of aromatic hydroxyl groups is 3. The first-order chi connectivity index (χ1) is 14.0. The van der Waals surface area contributed by atoms with Crippen molar-refractivity contribution in [2.45, 2.75) is 84.5 Å². The van der Waals surface area contributed by atoms with Crippen LogP contribution in [0.4, 0.5) is 0 Å². The monoisotopic (exact) mass is 422 g/mol. The van der Waals surface area contributed by atoms with Gasteiger partial charge in [0.15, 0.2) is 11.5 Å². The standard InChI is InChI=1S/C23H34O7/c1-22(2,20(27)28)10-6-3-4-8-15-14-16(18(25)19(26)17(15)24)9-5-7-11-23(12-13-23)21(29)30/h14,24-26H,3-13H2,1-2H3,(H,27,28)(H,29,30). The molecule has 1 aliphatic carbocycles. The van der Waals surface area contributed by atoms with Crippen molar-refractivity contribution >= 4 is 11.9 Å². The van der Waals surface area contributed by atoms with Gasteiger partial charge in [0, 0.05) is 0 Å². The summed E-state index contributed by atoms with van der Waals surface area (Å²) in [5, 5.41) is 48.8. The smallest absolute Gasteiger partial charge is 0.309 e.